The van der Waals surface area contributed by atoms with Gasteiger partial charge >= 0.3 is 0 Å². The van der Waals surface area contributed by atoms with Gasteiger partial charge in [0, 0.05) is 18.8 Å². The molecule has 0 aliphatic heterocycles. The minimum absolute atomic E-state index is 0.0370. The fourth-order valence-corrected chi connectivity index (χ4v) is 2.85. The predicted octanol–water partition coefficient (Wildman–Crippen LogP) is 6.89. The molecule has 2 aromatic rings. The predicted molar refractivity (Wildman–Crippen MR) is 143 cm³/mol. The largest absolute Gasteiger partial charge is 0.380 e. The van der Waals surface area contributed by atoms with Gasteiger partial charge in [0.05, 0.1) is 0 Å². The van der Waals surface area contributed by atoms with Gasteiger partial charge in [0.15, 0.2) is 12.1 Å². The SMILES string of the molecule is CC(C)=CCC/C(C)=C/C=O.CCOC(C)OCC.O=C(c1ccccc1)C(O)c1ccccc1. The van der Waals surface area contributed by atoms with E-state index in [9.17, 15) is 14.7 Å². The fourth-order valence-electron chi connectivity index (χ4n) is 2.85. The maximum absolute atomic E-state index is 11.9. The zero-order valence-corrected chi connectivity index (χ0v) is 22.1. The highest BCUT2D eigenvalue weighted by atomic mass is 16.7. The minimum atomic E-state index is -1.08. The summed E-state index contributed by atoms with van der Waals surface area (Å²) in [5.41, 5.74) is 3.64. The fraction of sp³-hybridized carbons (Fsp3) is 0.400. The molecule has 5 nitrogen and oxygen atoms in total. The molecule has 192 valence electrons. The second-order valence-electron chi connectivity index (χ2n) is 7.99. The van der Waals surface area contributed by atoms with Crippen LogP contribution < -0.4 is 0 Å². The van der Waals surface area contributed by atoms with Crippen molar-refractivity contribution in [1.29, 1.82) is 0 Å². The number of aldehydes is 1. The van der Waals surface area contributed by atoms with Crippen LogP contribution in [0.25, 0.3) is 0 Å². The summed E-state index contributed by atoms with van der Waals surface area (Å²) in [5.74, 6) is -0.271. The van der Waals surface area contributed by atoms with Crippen LogP contribution >= 0.6 is 0 Å². The molecule has 1 unspecified atom stereocenters. The summed E-state index contributed by atoms with van der Waals surface area (Å²) < 4.78 is 10.1. The van der Waals surface area contributed by atoms with E-state index >= 15 is 0 Å². The van der Waals surface area contributed by atoms with Crippen molar-refractivity contribution >= 4 is 12.1 Å². The molecule has 2 aromatic carbocycles. The van der Waals surface area contributed by atoms with Gasteiger partial charge in [-0.3, -0.25) is 9.59 Å². The highest BCUT2D eigenvalue weighted by Crippen LogP contribution is 2.17. The van der Waals surface area contributed by atoms with Crippen molar-refractivity contribution in [1.82, 2.24) is 0 Å². The summed E-state index contributed by atoms with van der Waals surface area (Å²) in [5, 5.41) is 9.89. The lowest BCUT2D eigenvalue weighted by molar-refractivity contribution is -0.123. The van der Waals surface area contributed by atoms with E-state index in [1.165, 1.54) is 5.57 Å². The molecule has 0 amide bonds. The van der Waals surface area contributed by atoms with E-state index < -0.39 is 6.10 Å². The smallest absolute Gasteiger partial charge is 0.195 e. The third-order valence-corrected chi connectivity index (χ3v) is 4.67. The topological polar surface area (TPSA) is 72.8 Å². The van der Waals surface area contributed by atoms with Crippen LogP contribution in [-0.4, -0.2) is 36.7 Å². The molecular formula is C30H42O5. The maximum Gasteiger partial charge on any atom is 0.195 e. The Bertz CT molecular complexity index is 862. The molecule has 0 heterocycles. The zero-order chi connectivity index (χ0) is 26.5. The number of benzene rings is 2. The summed E-state index contributed by atoms with van der Waals surface area (Å²) in [6.45, 7) is 13.4. The van der Waals surface area contributed by atoms with E-state index in [2.05, 4.69) is 19.9 Å². The number of ketones is 1. The van der Waals surface area contributed by atoms with Crippen LogP contribution in [0.1, 0.15) is 76.4 Å². The third kappa shape index (κ3) is 16.4. The number of Topliss-reactive ketones (excluding diaryl/α,β-unsaturated/α-hetero) is 1. The average Bonchev–Trinajstić information content (AvgIpc) is 2.85. The van der Waals surface area contributed by atoms with Crippen LogP contribution in [0, 0.1) is 0 Å². The number of rotatable bonds is 11. The number of carbonyl (C=O) groups is 2. The molecule has 0 aromatic heterocycles. The second kappa shape index (κ2) is 20.5. The van der Waals surface area contributed by atoms with Gasteiger partial charge in [-0.05, 0) is 66.0 Å². The summed E-state index contributed by atoms with van der Waals surface area (Å²) in [4.78, 5) is 21.9. The van der Waals surface area contributed by atoms with Crippen molar-refractivity contribution in [3.63, 3.8) is 0 Å². The quantitative estimate of drug-likeness (QED) is 0.124. The molecule has 1 atom stereocenters. The van der Waals surface area contributed by atoms with Gasteiger partial charge in [-0.25, -0.2) is 0 Å². The lowest BCUT2D eigenvalue weighted by Crippen LogP contribution is -2.11. The molecule has 5 heteroatoms. The lowest BCUT2D eigenvalue weighted by atomic mass is 10.0. The normalized spacial score (nSPS) is 11.4. The molecular weight excluding hydrogens is 440 g/mol. The average molecular weight is 483 g/mol. The molecule has 0 aliphatic carbocycles. The molecule has 0 radical (unpaired) electrons. The molecule has 0 bridgehead atoms. The Morgan fingerprint density at radius 1 is 0.914 bits per heavy atom. The van der Waals surface area contributed by atoms with Crippen molar-refractivity contribution in [2.24, 2.45) is 0 Å². The maximum atomic E-state index is 11.9. The Balaban J connectivity index is 0.000000534. The van der Waals surface area contributed by atoms with Gasteiger partial charge in [0.1, 0.15) is 12.4 Å². The minimum Gasteiger partial charge on any atom is -0.380 e. The molecule has 0 fully saturated rings. The number of allylic oxidation sites excluding steroid dienone is 4. The van der Waals surface area contributed by atoms with E-state index in [-0.39, 0.29) is 12.1 Å². The summed E-state index contributed by atoms with van der Waals surface area (Å²) in [7, 11) is 0. The van der Waals surface area contributed by atoms with Gasteiger partial charge in [0.25, 0.3) is 0 Å². The van der Waals surface area contributed by atoms with E-state index in [0.29, 0.717) is 11.1 Å². The first-order valence-electron chi connectivity index (χ1n) is 12.1. The number of aliphatic hydroxyl groups is 1. The number of hydrogen-bond donors (Lipinski definition) is 1. The molecule has 1 N–H and O–H groups in total. The molecule has 0 spiro atoms. The van der Waals surface area contributed by atoms with Gasteiger partial charge in [-0.2, -0.15) is 0 Å². The molecule has 0 saturated carbocycles. The second-order valence-corrected chi connectivity index (χ2v) is 7.99. The van der Waals surface area contributed by atoms with Gasteiger partial charge in [-0.15, -0.1) is 0 Å². The van der Waals surface area contributed by atoms with Crippen LogP contribution in [0.3, 0.4) is 0 Å². The summed E-state index contributed by atoms with van der Waals surface area (Å²) in [6.07, 6.45) is 5.56. The van der Waals surface area contributed by atoms with E-state index in [4.69, 9.17) is 9.47 Å². The molecule has 0 aliphatic rings. The number of carbonyl (C=O) groups excluding carboxylic acids is 2. The van der Waals surface area contributed by atoms with E-state index in [1.807, 2.05) is 39.8 Å². The van der Waals surface area contributed by atoms with Crippen LogP contribution in [0.15, 0.2) is 84.0 Å². The first kappa shape index (κ1) is 32.1. The monoisotopic (exact) mass is 482 g/mol. The Hall–Kier alpha value is -2.86. The highest BCUT2D eigenvalue weighted by Gasteiger charge is 2.18. The van der Waals surface area contributed by atoms with E-state index in [0.717, 1.165) is 37.9 Å². The van der Waals surface area contributed by atoms with Crippen molar-refractivity contribution in [3.8, 4) is 0 Å². The van der Waals surface area contributed by atoms with Crippen molar-refractivity contribution in [3.05, 3.63) is 95.1 Å². The molecule has 35 heavy (non-hydrogen) atoms. The zero-order valence-electron chi connectivity index (χ0n) is 22.1. The summed E-state index contributed by atoms with van der Waals surface area (Å²) in [6, 6.07) is 17.7. The van der Waals surface area contributed by atoms with E-state index in [1.54, 1.807) is 54.6 Å². The first-order valence-corrected chi connectivity index (χ1v) is 12.1. The van der Waals surface area contributed by atoms with Crippen molar-refractivity contribution in [2.45, 2.75) is 66.8 Å². The standard InChI is InChI=1S/C14H12O2.C10H16O.C6H14O2/c15-13(11-7-3-1-4-8-11)14(16)12-9-5-2-6-10-12;1-9(2)5-4-6-10(3)7-8-11;1-4-7-6(3)8-5-2/h1-10,13,15H;5,7-8H,4,6H2,1-3H3;6H,4-5H2,1-3H3/b;10-7+;. The third-order valence-electron chi connectivity index (χ3n) is 4.67. The molecule has 2 rings (SSSR count). The Labute approximate surface area is 211 Å². The Kier molecular flexibility index (Phi) is 18.8. The Morgan fingerprint density at radius 3 is 1.89 bits per heavy atom. The van der Waals surface area contributed by atoms with Crippen molar-refractivity contribution in [2.75, 3.05) is 13.2 Å². The number of aliphatic hydroxyl groups excluding tert-OH is 1. The van der Waals surface area contributed by atoms with Crippen LogP contribution in [-0.2, 0) is 14.3 Å². The van der Waals surface area contributed by atoms with Gasteiger partial charge in [0.2, 0.25) is 0 Å². The lowest BCUT2D eigenvalue weighted by Gasteiger charge is -2.09. The highest BCUT2D eigenvalue weighted by molar-refractivity contribution is 5.99. The Morgan fingerprint density at radius 2 is 1.43 bits per heavy atom. The van der Waals surface area contributed by atoms with Gasteiger partial charge in [-0.1, -0.05) is 77.9 Å². The number of ether oxygens (including phenoxy) is 2. The molecule has 0 saturated heterocycles. The van der Waals surface area contributed by atoms with Gasteiger partial charge < -0.3 is 14.6 Å². The van der Waals surface area contributed by atoms with Crippen LogP contribution in [0.5, 0.6) is 0 Å². The van der Waals surface area contributed by atoms with Crippen LogP contribution in [0.2, 0.25) is 0 Å². The summed E-state index contributed by atoms with van der Waals surface area (Å²) >= 11 is 0. The number of hydrogen-bond acceptors (Lipinski definition) is 5. The van der Waals surface area contributed by atoms with Crippen LogP contribution in [0.4, 0.5) is 0 Å². The van der Waals surface area contributed by atoms with Crippen molar-refractivity contribution < 1.29 is 24.2 Å². The first-order chi connectivity index (χ1) is 16.8.